The monoisotopic (exact) mass is 265 g/mol. The van der Waals surface area contributed by atoms with E-state index in [4.69, 9.17) is 14.0 Å². The van der Waals surface area contributed by atoms with Gasteiger partial charge in [-0.05, 0) is 39.8 Å². The molecule has 0 unspecified atom stereocenters. The van der Waals surface area contributed by atoms with Gasteiger partial charge in [0.05, 0.1) is 18.3 Å². The molecule has 0 aromatic carbocycles. The molecule has 2 heterocycles. The van der Waals surface area contributed by atoms with Crippen LogP contribution in [-0.4, -0.2) is 36.0 Å². The summed E-state index contributed by atoms with van der Waals surface area (Å²) in [5, 5.41) is 0. The lowest BCUT2D eigenvalue weighted by Crippen LogP contribution is -2.41. The number of aromatic nitrogens is 1. The van der Waals surface area contributed by atoms with Crippen molar-refractivity contribution in [1.29, 1.82) is 0 Å². The number of carbonyl (C=O) groups is 1. The van der Waals surface area contributed by atoms with Gasteiger partial charge in [-0.25, -0.2) is 4.79 Å². The average Bonchev–Trinajstić information content (AvgIpc) is 2.77. The molecule has 0 spiro atoms. The van der Waals surface area contributed by atoms with Gasteiger partial charge in [-0.3, -0.25) is 0 Å². The summed E-state index contributed by atoms with van der Waals surface area (Å²) in [5.74, 6) is -0.370. The molecule has 1 saturated heterocycles. The van der Waals surface area contributed by atoms with Crippen molar-refractivity contribution in [3.63, 3.8) is 0 Å². The second-order valence-corrected chi connectivity index (χ2v) is 5.78. The maximum absolute atomic E-state index is 11.6. The van der Waals surface area contributed by atoms with Gasteiger partial charge < -0.3 is 18.6 Å². The summed E-state index contributed by atoms with van der Waals surface area (Å²) in [7, 11) is 2.68. The molecular formula is C13H20BNO4. The SMILES string of the molecule is COC(=O)c1ccc(B2OC(C)(C)C(C)(C)O2)n1C. The number of carbonyl (C=O) groups excluding carboxylic acids is 1. The van der Waals surface area contributed by atoms with E-state index in [2.05, 4.69) is 0 Å². The van der Waals surface area contributed by atoms with Crippen molar-refractivity contribution in [1.82, 2.24) is 4.57 Å². The summed E-state index contributed by atoms with van der Waals surface area (Å²) in [5.41, 5.74) is 0.493. The van der Waals surface area contributed by atoms with E-state index >= 15 is 0 Å². The lowest BCUT2D eigenvalue weighted by Gasteiger charge is -2.32. The van der Waals surface area contributed by atoms with E-state index in [1.807, 2.05) is 33.8 Å². The maximum atomic E-state index is 11.6. The molecule has 1 aromatic rings. The van der Waals surface area contributed by atoms with Gasteiger partial charge in [0.2, 0.25) is 0 Å². The summed E-state index contributed by atoms with van der Waals surface area (Å²) in [4.78, 5) is 11.6. The second kappa shape index (κ2) is 4.39. The first-order valence-corrected chi connectivity index (χ1v) is 6.29. The van der Waals surface area contributed by atoms with Crippen LogP contribution < -0.4 is 5.59 Å². The highest BCUT2D eigenvalue weighted by atomic mass is 16.7. The highest BCUT2D eigenvalue weighted by molar-refractivity contribution is 6.61. The molecule has 1 aliphatic rings. The van der Waals surface area contributed by atoms with E-state index in [1.165, 1.54) is 7.11 Å². The standard InChI is InChI=1S/C13H20BNO4/c1-12(2)13(3,4)19-14(18-12)10-8-7-9(15(10)5)11(16)17-6/h7-8H,1-6H3. The van der Waals surface area contributed by atoms with Gasteiger partial charge in [-0.2, -0.15) is 0 Å². The molecular weight excluding hydrogens is 245 g/mol. The molecule has 104 valence electrons. The van der Waals surface area contributed by atoms with Crippen LogP contribution in [0.2, 0.25) is 0 Å². The molecule has 5 nitrogen and oxygen atoms in total. The Morgan fingerprint density at radius 3 is 2.21 bits per heavy atom. The molecule has 1 aliphatic heterocycles. The fourth-order valence-electron chi connectivity index (χ4n) is 2.04. The van der Waals surface area contributed by atoms with E-state index in [0.717, 1.165) is 5.59 Å². The van der Waals surface area contributed by atoms with Crippen LogP contribution in [0.25, 0.3) is 0 Å². The second-order valence-electron chi connectivity index (χ2n) is 5.78. The molecule has 1 aromatic heterocycles. The van der Waals surface area contributed by atoms with Crippen LogP contribution in [0.5, 0.6) is 0 Å². The first-order chi connectivity index (χ1) is 8.69. The Morgan fingerprint density at radius 2 is 1.74 bits per heavy atom. The minimum absolute atomic E-state index is 0.370. The highest BCUT2D eigenvalue weighted by Crippen LogP contribution is 2.36. The van der Waals surface area contributed by atoms with Crippen LogP contribution in [0.1, 0.15) is 38.2 Å². The summed E-state index contributed by atoms with van der Waals surface area (Å²) in [6.45, 7) is 7.99. The molecule has 0 amide bonds. The Hall–Kier alpha value is -1.27. The summed E-state index contributed by atoms with van der Waals surface area (Å²) in [6, 6.07) is 3.54. The predicted molar refractivity (Wildman–Crippen MR) is 72.5 cm³/mol. The zero-order chi connectivity index (χ0) is 14.4. The van der Waals surface area contributed by atoms with Crippen LogP contribution in [-0.2, 0) is 21.1 Å². The van der Waals surface area contributed by atoms with Crippen LogP contribution in [0.3, 0.4) is 0 Å². The van der Waals surface area contributed by atoms with Gasteiger partial charge in [-0.15, -0.1) is 0 Å². The third-order valence-corrected chi connectivity index (χ3v) is 4.05. The van der Waals surface area contributed by atoms with E-state index in [1.54, 1.807) is 17.7 Å². The van der Waals surface area contributed by atoms with Gasteiger partial charge in [0, 0.05) is 12.6 Å². The molecule has 0 radical (unpaired) electrons. The van der Waals surface area contributed by atoms with Crippen molar-refractivity contribution < 1.29 is 18.8 Å². The van der Waals surface area contributed by atoms with Gasteiger partial charge >= 0.3 is 13.1 Å². The molecule has 2 rings (SSSR count). The van der Waals surface area contributed by atoms with Gasteiger partial charge in [0.25, 0.3) is 0 Å². The minimum Gasteiger partial charge on any atom is -0.464 e. The molecule has 6 heteroatoms. The smallest absolute Gasteiger partial charge is 0.464 e. The van der Waals surface area contributed by atoms with Gasteiger partial charge in [0.15, 0.2) is 0 Å². The van der Waals surface area contributed by atoms with E-state index in [9.17, 15) is 4.79 Å². The van der Waals surface area contributed by atoms with E-state index in [-0.39, 0.29) is 5.97 Å². The Labute approximate surface area is 114 Å². The van der Waals surface area contributed by atoms with Crippen molar-refractivity contribution in [3.05, 3.63) is 17.8 Å². The maximum Gasteiger partial charge on any atom is 0.512 e. The van der Waals surface area contributed by atoms with Gasteiger partial charge in [0.1, 0.15) is 5.69 Å². The van der Waals surface area contributed by atoms with Crippen LogP contribution in [0.4, 0.5) is 0 Å². The van der Waals surface area contributed by atoms with Crippen molar-refractivity contribution in [2.75, 3.05) is 7.11 Å². The van der Waals surface area contributed by atoms with E-state index < -0.39 is 18.3 Å². The quantitative estimate of drug-likeness (QED) is 0.593. The predicted octanol–water partition coefficient (Wildman–Crippen LogP) is 1.11. The number of methoxy groups -OCH3 is 1. The Kier molecular flexibility index (Phi) is 3.27. The average molecular weight is 265 g/mol. The molecule has 0 bridgehead atoms. The Bertz CT molecular complexity index is 491. The topological polar surface area (TPSA) is 49.7 Å². The molecule has 0 saturated carbocycles. The van der Waals surface area contributed by atoms with Gasteiger partial charge in [-0.1, -0.05) is 0 Å². The van der Waals surface area contributed by atoms with Crippen LogP contribution in [0.15, 0.2) is 12.1 Å². The number of ether oxygens (including phenoxy) is 1. The van der Waals surface area contributed by atoms with Crippen LogP contribution in [0, 0.1) is 0 Å². The van der Waals surface area contributed by atoms with Crippen molar-refractivity contribution in [2.45, 2.75) is 38.9 Å². The lowest BCUT2D eigenvalue weighted by molar-refractivity contribution is 0.00578. The zero-order valence-corrected chi connectivity index (χ0v) is 12.3. The third kappa shape index (κ3) is 2.19. The fraction of sp³-hybridized carbons (Fsp3) is 0.615. The Balaban J connectivity index is 2.31. The number of nitrogens with zero attached hydrogens (tertiary/aromatic N) is 1. The first-order valence-electron chi connectivity index (χ1n) is 6.29. The third-order valence-electron chi connectivity index (χ3n) is 4.05. The number of rotatable bonds is 2. The normalized spacial score (nSPS) is 20.6. The summed E-state index contributed by atoms with van der Waals surface area (Å²) in [6.07, 6.45) is 0. The highest BCUT2D eigenvalue weighted by Gasteiger charge is 2.52. The fourth-order valence-corrected chi connectivity index (χ4v) is 2.04. The van der Waals surface area contributed by atoms with Crippen LogP contribution >= 0.6 is 0 Å². The van der Waals surface area contributed by atoms with Crippen molar-refractivity contribution in [2.24, 2.45) is 7.05 Å². The lowest BCUT2D eigenvalue weighted by atomic mass is 9.85. The molecule has 0 atom stereocenters. The Morgan fingerprint density at radius 1 is 1.21 bits per heavy atom. The summed E-state index contributed by atoms with van der Waals surface area (Å²) < 4.78 is 18.4. The largest absolute Gasteiger partial charge is 0.512 e. The van der Waals surface area contributed by atoms with Crippen molar-refractivity contribution >= 4 is 18.7 Å². The minimum atomic E-state index is -0.478. The zero-order valence-electron chi connectivity index (χ0n) is 12.3. The molecule has 0 N–H and O–H groups in total. The summed E-state index contributed by atoms with van der Waals surface area (Å²) >= 11 is 0. The van der Waals surface area contributed by atoms with Crippen molar-refractivity contribution in [3.8, 4) is 0 Å². The number of hydrogen-bond acceptors (Lipinski definition) is 4. The first kappa shape index (κ1) is 14.2. The molecule has 0 aliphatic carbocycles. The van der Waals surface area contributed by atoms with E-state index in [0.29, 0.717) is 5.69 Å². The number of hydrogen-bond donors (Lipinski definition) is 0. The number of esters is 1. The molecule has 1 fully saturated rings. The molecule has 19 heavy (non-hydrogen) atoms.